The number of hydrogen-bond donors (Lipinski definition) is 2. The number of aliphatic carboxylic acids is 1. The number of halogens is 1. The highest BCUT2D eigenvalue weighted by molar-refractivity contribution is 7.99. The third-order valence-electron chi connectivity index (χ3n) is 3.07. The quantitative estimate of drug-likeness (QED) is 0.838. The van der Waals surface area contributed by atoms with Gasteiger partial charge in [-0.1, -0.05) is 23.7 Å². The normalized spacial score (nSPS) is 22.1. The van der Waals surface area contributed by atoms with E-state index in [1.807, 2.05) is 6.07 Å². The Kier molecular flexibility index (Phi) is 4.73. The van der Waals surface area contributed by atoms with Gasteiger partial charge in [-0.15, -0.1) is 0 Å². The molecule has 4 nitrogen and oxygen atoms in total. The van der Waals surface area contributed by atoms with Crippen LogP contribution < -0.4 is 5.32 Å². The summed E-state index contributed by atoms with van der Waals surface area (Å²) in [6, 6.07) is 7.07. The number of benzene rings is 1. The van der Waals surface area contributed by atoms with Gasteiger partial charge in [0.1, 0.15) is 5.54 Å². The zero-order valence-electron chi connectivity index (χ0n) is 10.6. The van der Waals surface area contributed by atoms with Crippen molar-refractivity contribution in [3.63, 3.8) is 0 Å². The molecule has 0 aliphatic carbocycles. The summed E-state index contributed by atoms with van der Waals surface area (Å²) in [5.74, 6) is -0.245. The van der Waals surface area contributed by atoms with Crippen LogP contribution in [0.3, 0.4) is 0 Å². The third kappa shape index (κ3) is 3.55. The van der Waals surface area contributed by atoms with Gasteiger partial charge in [0.15, 0.2) is 0 Å². The van der Waals surface area contributed by atoms with E-state index in [0.29, 0.717) is 17.2 Å². The van der Waals surface area contributed by atoms with E-state index in [9.17, 15) is 14.7 Å². The SMILES string of the molecule is O=C(C=Cc1cccc(Cl)c1)NC1(C(=O)O)CCSC1. The van der Waals surface area contributed by atoms with Crippen LogP contribution in [0.2, 0.25) is 5.02 Å². The van der Waals surface area contributed by atoms with Crippen molar-refractivity contribution in [2.75, 3.05) is 11.5 Å². The van der Waals surface area contributed by atoms with Crippen molar-refractivity contribution in [1.29, 1.82) is 0 Å². The van der Waals surface area contributed by atoms with Gasteiger partial charge >= 0.3 is 5.97 Å². The summed E-state index contributed by atoms with van der Waals surface area (Å²) in [4.78, 5) is 23.2. The summed E-state index contributed by atoms with van der Waals surface area (Å²) in [5.41, 5.74) is -0.349. The second-order valence-electron chi connectivity index (χ2n) is 4.57. The van der Waals surface area contributed by atoms with Crippen LogP contribution in [0, 0.1) is 0 Å². The van der Waals surface area contributed by atoms with Crippen LogP contribution in [-0.4, -0.2) is 34.0 Å². The predicted octanol–water partition coefficient (Wildman–Crippen LogP) is 2.43. The van der Waals surface area contributed by atoms with Crippen LogP contribution in [0.1, 0.15) is 12.0 Å². The number of hydrogen-bond acceptors (Lipinski definition) is 3. The number of amides is 1. The van der Waals surface area contributed by atoms with Crippen molar-refractivity contribution in [3.05, 3.63) is 40.9 Å². The molecular formula is C14H14ClNO3S. The first-order valence-corrected chi connectivity index (χ1v) is 7.62. The van der Waals surface area contributed by atoms with Crippen LogP contribution in [0.15, 0.2) is 30.3 Å². The molecule has 0 saturated carbocycles. The second-order valence-corrected chi connectivity index (χ2v) is 6.11. The largest absolute Gasteiger partial charge is 0.479 e. The maximum Gasteiger partial charge on any atom is 0.330 e. The highest BCUT2D eigenvalue weighted by atomic mass is 35.5. The van der Waals surface area contributed by atoms with Crippen LogP contribution in [0.4, 0.5) is 0 Å². The highest BCUT2D eigenvalue weighted by Crippen LogP contribution is 2.28. The number of nitrogens with one attached hydrogen (secondary N) is 1. The molecule has 2 N–H and O–H groups in total. The molecular weight excluding hydrogens is 298 g/mol. The predicted molar refractivity (Wildman–Crippen MR) is 80.9 cm³/mol. The molecule has 1 fully saturated rings. The molecule has 1 heterocycles. The molecule has 0 bridgehead atoms. The lowest BCUT2D eigenvalue weighted by molar-refractivity contribution is -0.145. The fourth-order valence-electron chi connectivity index (χ4n) is 1.95. The molecule has 1 amide bonds. The van der Waals surface area contributed by atoms with E-state index >= 15 is 0 Å². The highest BCUT2D eigenvalue weighted by Gasteiger charge is 2.42. The molecule has 1 aromatic carbocycles. The summed E-state index contributed by atoms with van der Waals surface area (Å²) in [7, 11) is 0. The third-order valence-corrected chi connectivity index (χ3v) is 4.49. The Bertz CT molecular complexity index is 553. The van der Waals surface area contributed by atoms with E-state index in [1.54, 1.807) is 24.3 Å². The average Bonchev–Trinajstić information content (AvgIpc) is 2.86. The van der Waals surface area contributed by atoms with E-state index in [4.69, 9.17) is 11.6 Å². The van der Waals surface area contributed by atoms with Gasteiger partial charge < -0.3 is 10.4 Å². The number of carbonyl (C=O) groups excluding carboxylic acids is 1. The van der Waals surface area contributed by atoms with Gasteiger partial charge in [0.25, 0.3) is 0 Å². The first kappa shape index (κ1) is 14.9. The van der Waals surface area contributed by atoms with Gasteiger partial charge in [0.2, 0.25) is 5.91 Å². The summed E-state index contributed by atoms with van der Waals surface area (Å²) in [6.07, 6.45) is 3.39. The fourth-order valence-corrected chi connectivity index (χ4v) is 3.47. The minimum atomic E-state index is -1.14. The molecule has 1 saturated heterocycles. The van der Waals surface area contributed by atoms with Crippen LogP contribution in [-0.2, 0) is 9.59 Å². The Labute approximate surface area is 126 Å². The van der Waals surface area contributed by atoms with Crippen LogP contribution in [0.5, 0.6) is 0 Å². The average molecular weight is 312 g/mol. The van der Waals surface area contributed by atoms with Crippen molar-refractivity contribution in [2.45, 2.75) is 12.0 Å². The van der Waals surface area contributed by atoms with Gasteiger partial charge in [0, 0.05) is 16.9 Å². The van der Waals surface area contributed by atoms with Crippen molar-refractivity contribution >= 4 is 41.3 Å². The molecule has 6 heteroatoms. The summed E-state index contributed by atoms with van der Waals surface area (Å²) >= 11 is 7.38. The van der Waals surface area contributed by atoms with Crippen LogP contribution >= 0.6 is 23.4 Å². The Morgan fingerprint density at radius 1 is 1.45 bits per heavy atom. The summed E-state index contributed by atoms with van der Waals surface area (Å²) in [6.45, 7) is 0. The van der Waals surface area contributed by atoms with Crippen molar-refractivity contribution in [1.82, 2.24) is 5.32 Å². The Hall–Kier alpha value is -1.46. The molecule has 0 aromatic heterocycles. The molecule has 1 aliphatic heterocycles. The first-order valence-electron chi connectivity index (χ1n) is 6.09. The molecule has 2 rings (SSSR count). The number of thioether (sulfide) groups is 1. The van der Waals surface area contributed by atoms with Gasteiger partial charge in [-0.2, -0.15) is 11.8 Å². The minimum Gasteiger partial charge on any atom is -0.479 e. The molecule has 1 aromatic rings. The number of carbonyl (C=O) groups is 2. The van der Waals surface area contributed by atoms with Gasteiger partial charge in [-0.3, -0.25) is 4.79 Å². The van der Waals surface area contributed by atoms with Crippen LogP contribution in [0.25, 0.3) is 6.08 Å². The molecule has 0 radical (unpaired) electrons. The summed E-state index contributed by atoms with van der Waals surface area (Å²) in [5, 5.41) is 12.4. The second kappa shape index (κ2) is 6.33. The molecule has 1 unspecified atom stereocenters. The lowest BCUT2D eigenvalue weighted by atomic mass is 9.99. The van der Waals surface area contributed by atoms with Gasteiger partial charge in [0.05, 0.1) is 0 Å². The van der Waals surface area contributed by atoms with Crippen molar-refractivity contribution in [3.8, 4) is 0 Å². The number of rotatable bonds is 4. The Morgan fingerprint density at radius 2 is 2.25 bits per heavy atom. The maximum atomic E-state index is 11.9. The van der Waals surface area contributed by atoms with E-state index in [0.717, 1.165) is 11.3 Å². The van der Waals surface area contributed by atoms with Gasteiger partial charge in [-0.05, 0) is 35.9 Å². The number of carboxylic acid groups (broad SMARTS) is 1. The van der Waals surface area contributed by atoms with Crippen molar-refractivity contribution < 1.29 is 14.7 Å². The molecule has 106 valence electrons. The Balaban J connectivity index is 2.03. The van der Waals surface area contributed by atoms with Gasteiger partial charge in [-0.25, -0.2) is 4.79 Å². The summed E-state index contributed by atoms with van der Waals surface area (Å²) < 4.78 is 0. The molecule has 1 atom stereocenters. The lowest BCUT2D eigenvalue weighted by Crippen LogP contribution is -2.54. The van der Waals surface area contributed by atoms with E-state index in [-0.39, 0.29) is 0 Å². The maximum absolute atomic E-state index is 11.9. The van der Waals surface area contributed by atoms with E-state index in [2.05, 4.69) is 5.32 Å². The molecule has 0 spiro atoms. The van der Waals surface area contributed by atoms with E-state index < -0.39 is 17.4 Å². The molecule has 1 aliphatic rings. The zero-order valence-corrected chi connectivity index (χ0v) is 12.2. The topological polar surface area (TPSA) is 66.4 Å². The lowest BCUT2D eigenvalue weighted by Gasteiger charge is -2.23. The minimum absolute atomic E-state index is 0.402. The van der Waals surface area contributed by atoms with Crippen molar-refractivity contribution in [2.24, 2.45) is 0 Å². The first-order chi connectivity index (χ1) is 9.52. The monoisotopic (exact) mass is 311 g/mol. The standard InChI is InChI=1S/C14H14ClNO3S/c15-11-3-1-2-10(8-11)4-5-12(17)16-14(13(18)19)6-7-20-9-14/h1-5,8H,6-7,9H2,(H,16,17)(H,18,19). The fraction of sp³-hybridized carbons (Fsp3) is 0.286. The zero-order chi connectivity index (χ0) is 14.6. The molecule has 20 heavy (non-hydrogen) atoms. The number of carboxylic acids is 1. The Morgan fingerprint density at radius 3 is 2.85 bits per heavy atom. The van der Waals surface area contributed by atoms with E-state index in [1.165, 1.54) is 17.8 Å². The smallest absolute Gasteiger partial charge is 0.330 e.